The van der Waals surface area contributed by atoms with Crippen LogP contribution < -0.4 is 5.01 Å². The van der Waals surface area contributed by atoms with Crippen molar-refractivity contribution in [2.45, 2.75) is 71.1 Å². The van der Waals surface area contributed by atoms with E-state index in [1.54, 1.807) is 5.01 Å². The molecule has 0 N–H and O–H groups in total. The molecule has 0 saturated heterocycles. The van der Waals surface area contributed by atoms with Gasteiger partial charge in [0.2, 0.25) is 0 Å². The second-order valence-electron chi connectivity index (χ2n) is 5.73. The van der Waals surface area contributed by atoms with E-state index < -0.39 is 0 Å². The molecule has 1 rings (SSSR count). The standard InChI is InChI=1S/C18H30N3/c1-2-3-4-5-6-7-8-9-10-14-17-21(20-19)18-15-12-11-13-16-18/h11-13,15-16H,2-10,14,17H2,1H3/q+1. The molecule has 0 aliphatic rings. The summed E-state index contributed by atoms with van der Waals surface area (Å²) >= 11 is 0. The number of hydrogen-bond acceptors (Lipinski definition) is 2. The molecule has 1 aromatic carbocycles. The molecule has 0 amide bonds. The Morgan fingerprint density at radius 2 is 1.33 bits per heavy atom. The number of benzene rings is 1. The van der Waals surface area contributed by atoms with Crippen LogP contribution in [0.4, 0.5) is 5.69 Å². The molecule has 0 unspecified atom stereocenters. The Morgan fingerprint density at radius 3 is 1.86 bits per heavy atom. The maximum absolute atomic E-state index is 9.07. The summed E-state index contributed by atoms with van der Waals surface area (Å²) in [5.41, 5.74) is 0.955. The Labute approximate surface area is 130 Å². The zero-order valence-electron chi connectivity index (χ0n) is 13.5. The van der Waals surface area contributed by atoms with Crippen LogP contribution in [0.1, 0.15) is 71.1 Å². The summed E-state index contributed by atoms with van der Waals surface area (Å²) in [6.45, 7) is 3.05. The molecule has 0 bridgehead atoms. The third kappa shape index (κ3) is 8.34. The summed E-state index contributed by atoms with van der Waals surface area (Å²) in [5, 5.41) is 14.1. The van der Waals surface area contributed by atoms with Crippen molar-refractivity contribution in [3.8, 4) is 0 Å². The zero-order chi connectivity index (χ0) is 15.2. The molecule has 0 aliphatic carbocycles. The minimum atomic E-state index is 0.789. The molecule has 0 radical (unpaired) electrons. The monoisotopic (exact) mass is 288 g/mol. The third-order valence-corrected chi connectivity index (χ3v) is 3.89. The maximum atomic E-state index is 9.07. The van der Waals surface area contributed by atoms with Gasteiger partial charge < -0.3 is 0 Å². The number of rotatable bonds is 12. The lowest BCUT2D eigenvalue weighted by Gasteiger charge is -2.05. The molecule has 0 aromatic heterocycles. The second kappa shape index (κ2) is 12.2. The van der Waals surface area contributed by atoms with Crippen LogP contribution in [-0.4, -0.2) is 6.54 Å². The van der Waals surface area contributed by atoms with Crippen molar-refractivity contribution in [3.63, 3.8) is 0 Å². The minimum absolute atomic E-state index is 0.789. The first-order chi connectivity index (χ1) is 10.4. The molecule has 0 spiro atoms. The van der Waals surface area contributed by atoms with Crippen molar-refractivity contribution < 1.29 is 0 Å². The molecule has 3 heteroatoms. The van der Waals surface area contributed by atoms with E-state index in [-0.39, 0.29) is 0 Å². The predicted octanol–water partition coefficient (Wildman–Crippen LogP) is 6.18. The Balaban J connectivity index is 2.00. The van der Waals surface area contributed by atoms with Crippen molar-refractivity contribution in [2.24, 2.45) is 0 Å². The van der Waals surface area contributed by atoms with E-state index in [4.69, 9.17) is 5.39 Å². The normalized spacial score (nSPS) is 10.3. The first-order valence-electron chi connectivity index (χ1n) is 8.56. The Morgan fingerprint density at radius 1 is 0.810 bits per heavy atom. The first-order valence-corrected chi connectivity index (χ1v) is 8.56. The van der Waals surface area contributed by atoms with Gasteiger partial charge in [0.1, 0.15) is 5.69 Å². The summed E-state index contributed by atoms with van der Waals surface area (Å²) in [6, 6.07) is 9.84. The van der Waals surface area contributed by atoms with Gasteiger partial charge in [0.25, 0.3) is 5.39 Å². The van der Waals surface area contributed by atoms with Gasteiger partial charge in [-0.25, -0.2) is 0 Å². The van der Waals surface area contributed by atoms with Crippen molar-refractivity contribution in [1.29, 1.82) is 5.39 Å². The lowest BCUT2D eigenvalue weighted by molar-refractivity contribution is 0.557. The molecule has 0 saturated carbocycles. The average Bonchev–Trinajstić information content (AvgIpc) is 2.54. The highest BCUT2D eigenvalue weighted by Crippen LogP contribution is 2.15. The topological polar surface area (TPSA) is 31.4 Å². The Hall–Kier alpha value is -1.56. The molecular formula is C18H30N3+. The molecule has 0 heterocycles. The minimum Gasteiger partial charge on any atom is -0.0654 e. The zero-order valence-corrected chi connectivity index (χ0v) is 13.5. The van der Waals surface area contributed by atoms with Crippen LogP contribution in [0.5, 0.6) is 0 Å². The van der Waals surface area contributed by atoms with E-state index in [0.29, 0.717) is 0 Å². The van der Waals surface area contributed by atoms with E-state index in [9.17, 15) is 0 Å². The lowest BCUT2D eigenvalue weighted by atomic mass is 10.1. The highest BCUT2D eigenvalue weighted by atomic mass is 15.5. The first kappa shape index (κ1) is 17.5. The Kier molecular flexibility index (Phi) is 10.2. The highest BCUT2D eigenvalue weighted by Gasteiger charge is 2.14. The van der Waals surface area contributed by atoms with Gasteiger partial charge in [0, 0.05) is 0 Å². The van der Waals surface area contributed by atoms with Crippen LogP contribution in [0.25, 0.3) is 5.08 Å². The highest BCUT2D eigenvalue weighted by molar-refractivity contribution is 5.46. The number of para-hydroxylation sites is 1. The van der Waals surface area contributed by atoms with E-state index >= 15 is 0 Å². The number of diazo groups is 1. The van der Waals surface area contributed by atoms with Gasteiger partial charge in [-0.15, -0.1) is 0 Å². The predicted molar refractivity (Wildman–Crippen MR) is 90.7 cm³/mol. The fourth-order valence-electron chi connectivity index (χ4n) is 2.57. The van der Waals surface area contributed by atoms with E-state index in [2.05, 4.69) is 12.0 Å². The van der Waals surface area contributed by atoms with Crippen LogP contribution in [-0.2, 0) is 0 Å². The van der Waals surface area contributed by atoms with Gasteiger partial charge in [-0.2, -0.15) is 0 Å². The van der Waals surface area contributed by atoms with Gasteiger partial charge in [0.15, 0.2) is 0 Å². The molecular weight excluding hydrogens is 258 g/mol. The van der Waals surface area contributed by atoms with Crippen LogP contribution in [0.15, 0.2) is 30.3 Å². The maximum Gasteiger partial charge on any atom is 0.310 e. The molecule has 0 fully saturated rings. The number of anilines is 1. The molecule has 1 aromatic rings. The summed E-state index contributed by atoms with van der Waals surface area (Å²) in [7, 11) is 0. The van der Waals surface area contributed by atoms with Crippen molar-refractivity contribution in [3.05, 3.63) is 35.4 Å². The van der Waals surface area contributed by atoms with Gasteiger partial charge in [0.05, 0.1) is 6.54 Å². The average molecular weight is 288 g/mol. The van der Waals surface area contributed by atoms with E-state index in [1.807, 2.05) is 30.3 Å². The van der Waals surface area contributed by atoms with Gasteiger partial charge in [-0.3, -0.25) is 0 Å². The van der Waals surface area contributed by atoms with Crippen molar-refractivity contribution in [1.82, 2.24) is 0 Å². The van der Waals surface area contributed by atoms with Gasteiger partial charge in [-0.1, -0.05) is 82.9 Å². The molecule has 0 atom stereocenters. The molecule has 21 heavy (non-hydrogen) atoms. The summed E-state index contributed by atoms with van der Waals surface area (Å²) in [4.78, 5) is 0. The van der Waals surface area contributed by atoms with Crippen LogP contribution in [0.2, 0.25) is 0 Å². The summed E-state index contributed by atoms with van der Waals surface area (Å²) in [5.74, 6) is 0. The fourth-order valence-corrected chi connectivity index (χ4v) is 2.57. The largest absolute Gasteiger partial charge is 0.310 e. The van der Waals surface area contributed by atoms with Crippen LogP contribution >= 0.6 is 0 Å². The van der Waals surface area contributed by atoms with Crippen LogP contribution in [0.3, 0.4) is 0 Å². The molecule has 3 nitrogen and oxygen atoms in total. The second-order valence-corrected chi connectivity index (χ2v) is 5.73. The smallest absolute Gasteiger partial charge is 0.0654 e. The summed E-state index contributed by atoms with van der Waals surface area (Å²) < 4.78 is 0. The number of unbranched alkanes of at least 4 members (excludes halogenated alkanes) is 9. The van der Waals surface area contributed by atoms with Gasteiger partial charge in [-0.05, 0) is 23.6 Å². The fraction of sp³-hybridized carbons (Fsp3) is 0.667. The number of nitrogens with zero attached hydrogens (tertiary/aromatic N) is 3. The lowest BCUT2D eigenvalue weighted by Crippen LogP contribution is -2.14. The quantitative estimate of drug-likeness (QED) is 0.261. The SMILES string of the molecule is CCCCCCCCCCCCN([N+]#N)c1ccccc1. The molecule has 0 aliphatic heterocycles. The number of hydrogen-bond donors (Lipinski definition) is 0. The van der Waals surface area contributed by atoms with Crippen molar-refractivity contribution >= 4 is 5.69 Å². The summed E-state index contributed by atoms with van der Waals surface area (Å²) in [6.07, 6.45) is 13.2. The molecule has 116 valence electrons. The third-order valence-electron chi connectivity index (χ3n) is 3.89. The van der Waals surface area contributed by atoms with E-state index in [0.717, 1.165) is 18.7 Å². The van der Waals surface area contributed by atoms with Crippen LogP contribution in [0, 0.1) is 5.39 Å². The van der Waals surface area contributed by atoms with E-state index in [1.165, 1.54) is 57.8 Å². The van der Waals surface area contributed by atoms with Gasteiger partial charge >= 0.3 is 5.08 Å². The van der Waals surface area contributed by atoms with Crippen molar-refractivity contribution in [2.75, 3.05) is 11.6 Å². The Bertz CT molecular complexity index is 383.